The van der Waals surface area contributed by atoms with E-state index in [4.69, 9.17) is 5.73 Å². The molecule has 1 aromatic carbocycles. The predicted octanol–water partition coefficient (Wildman–Crippen LogP) is 3.24. The molecule has 0 saturated carbocycles. The van der Waals surface area contributed by atoms with Crippen molar-refractivity contribution in [3.05, 3.63) is 59.5 Å². The van der Waals surface area contributed by atoms with Crippen molar-refractivity contribution in [3.63, 3.8) is 0 Å². The van der Waals surface area contributed by atoms with E-state index in [-0.39, 0.29) is 33.6 Å². The summed E-state index contributed by atoms with van der Waals surface area (Å²) in [6.07, 6.45) is 6.98. The number of benzene rings is 1. The Hall–Kier alpha value is -3.15. The van der Waals surface area contributed by atoms with Crippen molar-refractivity contribution in [1.82, 2.24) is 24.5 Å². The molecule has 1 aliphatic carbocycles. The summed E-state index contributed by atoms with van der Waals surface area (Å²) < 4.78 is 18.1. The molecule has 0 radical (unpaired) electrons. The number of rotatable bonds is 4. The Balaban J connectivity index is 1.19. The van der Waals surface area contributed by atoms with Gasteiger partial charge >= 0.3 is 0 Å². The van der Waals surface area contributed by atoms with Gasteiger partial charge in [0.05, 0.1) is 18.4 Å². The van der Waals surface area contributed by atoms with E-state index in [1.807, 2.05) is 31.5 Å². The third-order valence-electron chi connectivity index (χ3n) is 8.34. The lowest BCUT2D eigenvalue weighted by molar-refractivity contribution is 0.0977. The first-order valence-corrected chi connectivity index (χ1v) is 14.8. The SMILES string of the molecule is CC(C)(C)[S+]([O-])NC1c2ccccc2CC12CCN(c1cnc(C(=O)N3CCCn4nccc43)c(N)n1)CC2. The summed E-state index contributed by atoms with van der Waals surface area (Å²) in [5, 5.41) is 4.28. The zero-order chi connectivity index (χ0) is 27.4. The lowest BCUT2D eigenvalue weighted by Crippen LogP contribution is -2.50. The highest BCUT2D eigenvalue weighted by Gasteiger charge is 2.50. The summed E-state index contributed by atoms with van der Waals surface area (Å²) in [6.45, 7) is 8.95. The normalized spacial score (nSPS) is 21.1. The number of nitrogen functional groups attached to an aromatic ring is 1. The molecule has 206 valence electrons. The summed E-state index contributed by atoms with van der Waals surface area (Å²) in [7, 11) is 0. The quantitative estimate of drug-likeness (QED) is 0.476. The average Bonchev–Trinajstić information content (AvgIpc) is 3.51. The van der Waals surface area contributed by atoms with Gasteiger partial charge in [0.1, 0.15) is 16.4 Å². The van der Waals surface area contributed by atoms with Crippen LogP contribution in [0, 0.1) is 5.41 Å². The fraction of sp³-hybridized carbons (Fsp3) is 0.500. The Bertz CT molecular complexity index is 1380. The molecule has 1 amide bonds. The lowest BCUT2D eigenvalue weighted by Gasteiger charge is -2.44. The van der Waals surface area contributed by atoms with Crippen molar-refractivity contribution in [2.45, 2.75) is 63.8 Å². The van der Waals surface area contributed by atoms with Crippen LogP contribution in [0.1, 0.15) is 67.7 Å². The standard InChI is InChI=1S/C28H36N8O2S/c1-27(2,3)39(38)33-24-20-8-5-4-7-19(20)17-28(24)10-15-34(16-11-28)21-18-30-23(25(29)32-21)26(37)35-13-6-14-36-22(35)9-12-31-36/h4-5,7-9,12,18,24,33H,6,10-11,13-17H2,1-3H3,(H2,29,32). The molecule has 1 spiro atoms. The van der Waals surface area contributed by atoms with E-state index < -0.39 is 11.4 Å². The molecular weight excluding hydrogens is 512 g/mol. The molecule has 1 saturated heterocycles. The highest BCUT2D eigenvalue weighted by molar-refractivity contribution is 7.90. The first kappa shape index (κ1) is 26.1. The molecule has 10 nitrogen and oxygen atoms in total. The molecule has 2 atom stereocenters. The van der Waals surface area contributed by atoms with Gasteiger partial charge in [0, 0.05) is 49.0 Å². The minimum Gasteiger partial charge on any atom is -0.598 e. The number of fused-ring (bicyclic) bond motifs is 2. The van der Waals surface area contributed by atoms with Gasteiger partial charge in [0.15, 0.2) is 11.5 Å². The van der Waals surface area contributed by atoms with Gasteiger partial charge in [0.2, 0.25) is 0 Å². The number of anilines is 3. The Kier molecular flexibility index (Phi) is 6.55. The highest BCUT2D eigenvalue weighted by Crippen LogP contribution is 2.52. The van der Waals surface area contributed by atoms with Gasteiger partial charge < -0.3 is 15.2 Å². The molecule has 3 N–H and O–H groups in total. The maximum absolute atomic E-state index is 13.3. The average molecular weight is 549 g/mol. The van der Waals surface area contributed by atoms with Crippen LogP contribution in [0.4, 0.5) is 17.5 Å². The Morgan fingerprint density at radius 1 is 1.15 bits per heavy atom. The smallest absolute Gasteiger partial charge is 0.281 e. The Morgan fingerprint density at radius 2 is 1.92 bits per heavy atom. The summed E-state index contributed by atoms with van der Waals surface area (Å²) in [5.41, 5.74) is 9.05. The van der Waals surface area contributed by atoms with Gasteiger partial charge in [0.25, 0.3) is 5.91 Å². The number of nitrogens with zero attached hydrogens (tertiary/aromatic N) is 6. The number of aryl methyl sites for hydroxylation is 1. The number of nitrogens with one attached hydrogen (secondary N) is 1. The van der Waals surface area contributed by atoms with Crippen LogP contribution in [0.15, 0.2) is 42.7 Å². The van der Waals surface area contributed by atoms with Crippen molar-refractivity contribution < 1.29 is 9.35 Å². The zero-order valence-electron chi connectivity index (χ0n) is 22.8. The summed E-state index contributed by atoms with van der Waals surface area (Å²) in [4.78, 5) is 26.3. The topological polar surface area (TPSA) is 128 Å². The number of nitrogens with two attached hydrogens (primary N) is 1. The van der Waals surface area contributed by atoms with Gasteiger partial charge in [-0.15, -0.1) is 4.72 Å². The van der Waals surface area contributed by atoms with E-state index >= 15 is 0 Å². The number of hydrogen-bond donors (Lipinski definition) is 2. The third kappa shape index (κ3) is 4.66. The maximum Gasteiger partial charge on any atom is 0.281 e. The van der Waals surface area contributed by atoms with Crippen molar-refractivity contribution in [2.75, 3.05) is 35.2 Å². The van der Waals surface area contributed by atoms with Gasteiger partial charge in [-0.2, -0.15) is 5.10 Å². The molecule has 6 rings (SSSR count). The van der Waals surface area contributed by atoms with Crippen LogP contribution >= 0.6 is 0 Å². The van der Waals surface area contributed by atoms with Crippen LogP contribution < -0.4 is 20.3 Å². The van der Waals surface area contributed by atoms with Gasteiger partial charge in [-0.3, -0.25) is 9.69 Å². The molecule has 1 fully saturated rings. The van der Waals surface area contributed by atoms with Gasteiger partial charge in [-0.05, 0) is 57.6 Å². The summed E-state index contributed by atoms with van der Waals surface area (Å²) in [5.74, 6) is 1.32. The van der Waals surface area contributed by atoms with Gasteiger partial charge in [-0.25, -0.2) is 14.6 Å². The van der Waals surface area contributed by atoms with E-state index in [0.29, 0.717) is 12.4 Å². The van der Waals surface area contributed by atoms with Crippen LogP contribution in [0.2, 0.25) is 0 Å². The first-order chi connectivity index (χ1) is 18.7. The van der Waals surface area contributed by atoms with Crippen molar-refractivity contribution >= 4 is 34.7 Å². The molecule has 11 heteroatoms. The first-order valence-electron chi connectivity index (χ1n) is 13.6. The Morgan fingerprint density at radius 3 is 2.67 bits per heavy atom. The number of carbonyl (C=O) groups excluding carboxylic acids is 1. The molecule has 3 aliphatic rings. The van der Waals surface area contributed by atoms with E-state index in [1.54, 1.807) is 17.3 Å². The highest BCUT2D eigenvalue weighted by atomic mass is 32.2. The monoisotopic (exact) mass is 548 g/mol. The van der Waals surface area contributed by atoms with E-state index in [2.05, 4.69) is 49.0 Å². The zero-order valence-corrected chi connectivity index (χ0v) is 23.6. The van der Waals surface area contributed by atoms with Crippen LogP contribution in [-0.4, -0.2) is 54.6 Å². The fourth-order valence-electron chi connectivity index (χ4n) is 6.17. The lowest BCUT2D eigenvalue weighted by atomic mass is 9.73. The molecular formula is C28H36N8O2S. The number of amides is 1. The number of aromatic nitrogens is 4. The summed E-state index contributed by atoms with van der Waals surface area (Å²) >= 11 is -1.17. The predicted molar refractivity (Wildman–Crippen MR) is 153 cm³/mol. The molecule has 3 aromatic rings. The second kappa shape index (κ2) is 9.79. The van der Waals surface area contributed by atoms with Crippen molar-refractivity contribution in [1.29, 1.82) is 0 Å². The number of hydrogen-bond acceptors (Lipinski definition) is 8. The second-order valence-electron chi connectivity index (χ2n) is 11.8. The molecule has 4 heterocycles. The van der Waals surface area contributed by atoms with Crippen LogP contribution in [0.3, 0.4) is 0 Å². The molecule has 2 aliphatic heterocycles. The van der Waals surface area contributed by atoms with Crippen molar-refractivity contribution in [3.8, 4) is 0 Å². The molecule has 0 bridgehead atoms. The fourth-order valence-corrected chi connectivity index (χ4v) is 7.12. The van der Waals surface area contributed by atoms with Crippen LogP contribution in [0.25, 0.3) is 0 Å². The van der Waals surface area contributed by atoms with Crippen LogP contribution in [0.5, 0.6) is 0 Å². The summed E-state index contributed by atoms with van der Waals surface area (Å²) in [6, 6.07) is 10.4. The maximum atomic E-state index is 13.3. The Labute approximate surface area is 232 Å². The minimum atomic E-state index is -1.17. The van der Waals surface area contributed by atoms with Gasteiger partial charge in [-0.1, -0.05) is 24.3 Å². The molecule has 39 heavy (non-hydrogen) atoms. The largest absolute Gasteiger partial charge is 0.598 e. The minimum absolute atomic E-state index is 0.0206. The third-order valence-corrected chi connectivity index (χ3v) is 9.90. The van der Waals surface area contributed by atoms with E-state index in [9.17, 15) is 9.35 Å². The van der Waals surface area contributed by atoms with Crippen molar-refractivity contribution in [2.24, 2.45) is 5.41 Å². The molecule has 2 aromatic heterocycles. The number of piperidine rings is 1. The van der Waals surface area contributed by atoms with E-state index in [1.165, 1.54) is 11.1 Å². The number of carbonyl (C=O) groups is 1. The second-order valence-corrected chi connectivity index (χ2v) is 13.8. The molecule has 2 unspecified atom stereocenters. The van der Waals surface area contributed by atoms with Crippen LogP contribution in [-0.2, 0) is 24.3 Å². The van der Waals surface area contributed by atoms with E-state index in [0.717, 1.165) is 51.1 Å².